The molecule has 0 spiro atoms. The second kappa shape index (κ2) is 6.26. The van der Waals surface area contributed by atoms with Gasteiger partial charge >= 0.3 is 0 Å². The number of carbonyl (C=O) groups is 1. The van der Waals surface area contributed by atoms with Crippen LogP contribution in [-0.4, -0.2) is 15.7 Å². The number of carbonyl (C=O) groups excluding carboxylic acids is 1. The summed E-state index contributed by atoms with van der Waals surface area (Å²) >= 11 is 3.50. The minimum atomic E-state index is -0.0161. The summed E-state index contributed by atoms with van der Waals surface area (Å²) in [5.41, 5.74) is 1.97. The van der Waals surface area contributed by atoms with Gasteiger partial charge in [-0.2, -0.15) is 5.10 Å². The lowest BCUT2D eigenvalue weighted by Gasteiger charge is -2.14. The first-order valence-electron chi connectivity index (χ1n) is 6.49. The second-order valence-electron chi connectivity index (χ2n) is 4.84. The molecule has 0 unspecified atom stereocenters. The van der Waals surface area contributed by atoms with Crippen LogP contribution in [0.2, 0.25) is 0 Å². The molecule has 0 aliphatic heterocycles. The number of rotatable bonds is 5. The first-order valence-corrected chi connectivity index (χ1v) is 7.28. The number of nitrogens with one attached hydrogen (secondary N) is 1. The van der Waals surface area contributed by atoms with Gasteiger partial charge in [0.05, 0.1) is 34.7 Å². The maximum atomic E-state index is 11.9. The predicted molar refractivity (Wildman–Crippen MR) is 79.3 cm³/mol. The summed E-state index contributed by atoms with van der Waals surface area (Å²) < 4.78 is 8.05. The zero-order chi connectivity index (χ0) is 14.7. The van der Waals surface area contributed by atoms with Crippen molar-refractivity contribution in [1.82, 2.24) is 15.1 Å². The van der Waals surface area contributed by atoms with Crippen molar-refractivity contribution in [3.05, 3.63) is 40.0 Å². The van der Waals surface area contributed by atoms with E-state index in [1.807, 2.05) is 31.5 Å². The Hall–Kier alpha value is -1.56. The van der Waals surface area contributed by atoms with E-state index >= 15 is 0 Å². The Morgan fingerprint density at radius 3 is 2.85 bits per heavy atom. The maximum absolute atomic E-state index is 11.9. The zero-order valence-electron chi connectivity index (χ0n) is 11.8. The Kier molecular flexibility index (Phi) is 4.65. The molecule has 5 nitrogen and oxygen atoms in total. The Balaban J connectivity index is 1.91. The van der Waals surface area contributed by atoms with E-state index in [0.717, 1.165) is 21.6 Å². The highest BCUT2D eigenvalue weighted by molar-refractivity contribution is 9.10. The smallest absolute Gasteiger partial charge is 0.222 e. The standard InChI is InChI=1S/C14H18BrN3O2/c1-9(18-11(3)14(15)10(2)17-18)7-13(19)16-8-12-5-4-6-20-12/h4-6,9H,7-8H2,1-3H3,(H,16,19)/t9-/m0/s1. The van der Waals surface area contributed by atoms with Crippen molar-refractivity contribution in [2.75, 3.05) is 0 Å². The average Bonchev–Trinajstić information content (AvgIpc) is 3.01. The molecule has 0 radical (unpaired) electrons. The number of aryl methyl sites for hydroxylation is 1. The van der Waals surface area contributed by atoms with Crippen LogP contribution in [0.25, 0.3) is 0 Å². The summed E-state index contributed by atoms with van der Waals surface area (Å²) in [6.45, 7) is 6.33. The maximum Gasteiger partial charge on any atom is 0.222 e. The molecule has 0 aromatic carbocycles. The second-order valence-corrected chi connectivity index (χ2v) is 5.63. The van der Waals surface area contributed by atoms with E-state index < -0.39 is 0 Å². The van der Waals surface area contributed by atoms with E-state index in [1.165, 1.54) is 0 Å². The molecule has 0 aliphatic carbocycles. The van der Waals surface area contributed by atoms with Crippen LogP contribution >= 0.6 is 15.9 Å². The Morgan fingerprint density at radius 2 is 2.30 bits per heavy atom. The average molecular weight is 340 g/mol. The molecular formula is C14H18BrN3O2. The first-order chi connectivity index (χ1) is 9.49. The lowest BCUT2D eigenvalue weighted by atomic mass is 10.2. The number of furan rings is 1. The van der Waals surface area contributed by atoms with Crippen LogP contribution in [-0.2, 0) is 11.3 Å². The number of hydrogen-bond acceptors (Lipinski definition) is 3. The zero-order valence-corrected chi connectivity index (χ0v) is 13.4. The normalized spacial score (nSPS) is 12.4. The molecular weight excluding hydrogens is 322 g/mol. The Labute approximate surface area is 126 Å². The lowest BCUT2D eigenvalue weighted by molar-refractivity contribution is -0.122. The van der Waals surface area contributed by atoms with Crippen LogP contribution in [0, 0.1) is 13.8 Å². The van der Waals surface area contributed by atoms with Gasteiger partial charge in [0.25, 0.3) is 0 Å². The molecule has 0 fully saturated rings. The number of amides is 1. The molecule has 0 saturated heterocycles. The van der Waals surface area contributed by atoms with E-state index in [0.29, 0.717) is 13.0 Å². The van der Waals surface area contributed by atoms with E-state index in [9.17, 15) is 4.79 Å². The van der Waals surface area contributed by atoms with Crippen molar-refractivity contribution >= 4 is 21.8 Å². The summed E-state index contributed by atoms with van der Waals surface area (Å²) in [5, 5.41) is 7.29. The molecule has 1 atom stereocenters. The largest absolute Gasteiger partial charge is 0.467 e. The number of aromatic nitrogens is 2. The summed E-state index contributed by atoms with van der Waals surface area (Å²) in [6, 6.07) is 3.65. The van der Waals surface area contributed by atoms with Crippen LogP contribution in [0.1, 0.15) is 36.5 Å². The topological polar surface area (TPSA) is 60.1 Å². The van der Waals surface area contributed by atoms with Gasteiger partial charge in [-0.15, -0.1) is 0 Å². The van der Waals surface area contributed by atoms with Crippen molar-refractivity contribution in [2.45, 2.75) is 39.8 Å². The molecule has 1 N–H and O–H groups in total. The molecule has 20 heavy (non-hydrogen) atoms. The minimum Gasteiger partial charge on any atom is -0.467 e. The fourth-order valence-corrected chi connectivity index (χ4v) is 2.36. The van der Waals surface area contributed by atoms with Gasteiger partial charge in [0, 0.05) is 6.42 Å². The molecule has 108 valence electrons. The Bertz CT molecular complexity index is 590. The van der Waals surface area contributed by atoms with E-state index in [4.69, 9.17) is 4.42 Å². The number of nitrogens with zero attached hydrogens (tertiary/aromatic N) is 2. The molecule has 2 rings (SSSR count). The van der Waals surface area contributed by atoms with Crippen molar-refractivity contribution in [1.29, 1.82) is 0 Å². The summed E-state index contributed by atoms with van der Waals surface area (Å²) in [4.78, 5) is 11.9. The summed E-state index contributed by atoms with van der Waals surface area (Å²) in [6.07, 6.45) is 1.98. The van der Waals surface area contributed by atoms with Gasteiger partial charge in [-0.3, -0.25) is 9.48 Å². The van der Waals surface area contributed by atoms with Gasteiger partial charge < -0.3 is 9.73 Å². The summed E-state index contributed by atoms with van der Waals surface area (Å²) in [5.74, 6) is 0.734. The number of hydrogen-bond donors (Lipinski definition) is 1. The van der Waals surface area contributed by atoms with Crippen LogP contribution in [0.5, 0.6) is 0 Å². The third-order valence-corrected chi connectivity index (χ3v) is 4.32. The highest BCUT2D eigenvalue weighted by Crippen LogP contribution is 2.23. The molecule has 0 saturated carbocycles. The SMILES string of the molecule is Cc1nn([C@@H](C)CC(=O)NCc2ccco2)c(C)c1Br. The van der Waals surface area contributed by atoms with Gasteiger partial charge in [0.1, 0.15) is 5.76 Å². The molecule has 2 aromatic heterocycles. The number of halogens is 1. The van der Waals surface area contributed by atoms with Crippen LogP contribution in [0.4, 0.5) is 0 Å². The van der Waals surface area contributed by atoms with E-state index in [1.54, 1.807) is 12.3 Å². The highest BCUT2D eigenvalue weighted by atomic mass is 79.9. The molecule has 6 heteroatoms. The van der Waals surface area contributed by atoms with Crippen LogP contribution in [0.3, 0.4) is 0 Å². The van der Waals surface area contributed by atoms with E-state index in [-0.39, 0.29) is 11.9 Å². The van der Waals surface area contributed by atoms with Crippen LogP contribution in [0.15, 0.2) is 27.3 Å². The van der Waals surface area contributed by atoms with Crippen molar-refractivity contribution in [3.63, 3.8) is 0 Å². The van der Waals surface area contributed by atoms with Crippen molar-refractivity contribution in [3.8, 4) is 0 Å². The minimum absolute atomic E-state index is 0.0107. The van der Waals surface area contributed by atoms with Gasteiger partial charge in [-0.25, -0.2) is 0 Å². The monoisotopic (exact) mass is 339 g/mol. The fourth-order valence-electron chi connectivity index (χ4n) is 2.10. The first kappa shape index (κ1) is 14.8. The van der Waals surface area contributed by atoms with Gasteiger partial charge in [0.2, 0.25) is 5.91 Å². The van der Waals surface area contributed by atoms with Gasteiger partial charge in [-0.1, -0.05) is 0 Å². The van der Waals surface area contributed by atoms with Gasteiger partial charge in [-0.05, 0) is 48.8 Å². The third-order valence-electron chi connectivity index (χ3n) is 3.17. The lowest BCUT2D eigenvalue weighted by Crippen LogP contribution is -2.25. The van der Waals surface area contributed by atoms with Crippen molar-refractivity contribution in [2.24, 2.45) is 0 Å². The Morgan fingerprint density at radius 1 is 1.55 bits per heavy atom. The predicted octanol–water partition coefficient (Wildman–Crippen LogP) is 3.12. The highest BCUT2D eigenvalue weighted by Gasteiger charge is 2.16. The molecule has 0 bridgehead atoms. The molecule has 0 aliphatic rings. The van der Waals surface area contributed by atoms with Crippen molar-refractivity contribution < 1.29 is 9.21 Å². The molecule has 2 heterocycles. The fraction of sp³-hybridized carbons (Fsp3) is 0.429. The molecule has 2 aromatic rings. The van der Waals surface area contributed by atoms with E-state index in [2.05, 4.69) is 26.3 Å². The van der Waals surface area contributed by atoms with Crippen LogP contribution < -0.4 is 5.32 Å². The third kappa shape index (κ3) is 3.30. The summed E-state index contributed by atoms with van der Waals surface area (Å²) in [7, 11) is 0. The quantitative estimate of drug-likeness (QED) is 0.910. The molecule has 1 amide bonds. The van der Waals surface area contributed by atoms with Gasteiger partial charge in [0.15, 0.2) is 0 Å².